The second-order valence-electron chi connectivity index (χ2n) is 6.35. The van der Waals surface area contributed by atoms with Crippen molar-refractivity contribution in [3.8, 4) is 5.75 Å². The minimum absolute atomic E-state index is 0.0849. The molecule has 0 spiro atoms. The maximum absolute atomic E-state index is 12.3. The van der Waals surface area contributed by atoms with Gasteiger partial charge in [-0.25, -0.2) is 13.1 Å². The molecule has 0 aliphatic heterocycles. The fourth-order valence-electron chi connectivity index (χ4n) is 2.37. The van der Waals surface area contributed by atoms with Gasteiger partial charge in [-0.1, -0.05) is 6.07 Å². The summed E-state index contributed by atoms with van der Waals surface area (Å²) in [5, 5.41) is 5.00. The van der Waals surface area contributed by atoms with Crippen LogP contribution in [0.5, 0.6) is 5.75 Å². The van der Waals surface area contributed by atoms with Gasteiger partial charge in [0.15, 0.2) is 0 Å². The number of carbonyl (C=O) groups is 2. The zero-order valence-corrected chi connectivity index (χ0v) is 17.4. The summed E-state index contributed by atoms with van der Waals surface area (Å²) in [5.41, 5.74) is 2.37. The van der Waals surface area contributed by atoms with Crippen LogP contribution in [0.4, 0.5) is 5.69 Å². The summed E-state index contributed by atoms with van der Waals surface area (Å²) >= 11 is 0. The molecule has 0 aliphatic carbocycles. The first kappa shape index (κ1) is 22.4. The van der Waals surface area contributed by atoms with E-state index in [9.17, 15) is 18.0 Å². The van der Waals surface area contributed by atoms with Gasteiger partial charge in [0.1, 0.15) is 5.75 Å². The molecule has 2 aromatic carbocycles. The number of hydrogen-bond acceptors (Lipinski definition) is 5. The first-order valence-corrected chi connectivity index (χ1v) is 10.6. The van der Waals surface area contributed by atoms with Gasteiger partial charge >= 0.3 is 0 Å². The molecular weight excluding hydrogens is 394 g/mol. The fraction of sp³-hybridized carbons (Fsp3) is 0.300. The summed E-state index contributed by atoms with van der Waals surface area (Å²) in [6.45, 7) is 5.36. The second-order valence-corrected chi connectivity index (χ2v) is 8.12. The van der Waals surface area contributed by atoms with Crippen LogP contribution in [0, 0.1) is 13.8 Å². The van der Waals surface area contributed by atoms with Gasteiger partial charge in [0.05, 0.1) is 24.6 Å². The zero-order chi connectivity index (χ0) is 21.4. The maximum atomic E-state index is 12.3. The number of amides is 2. The van der Waals surface area contributed by atoms with E-state index in [4.69, 9.17) is 4.74 Å². The molecular formula is C20H25N3O5S. The topological polar surface area (TPSA) is 114 Å². The number of rotatable bonds is 9. The Labute approximate surface area is 170 Å². The van der Waals surface area contributed by atoms with Crippen molar-refractivity contribution in [2.45, 2.75) is 25.7 Å². The molecule has 0 saturated carbocycles. The lowest BCUT2D eigenvalue weighted by Gasteiger charge is -2.10. The lowest BCUT2D eigenvalue weighted by Crippen LogP contribution is -2.40. The van der Waals surface area contributed by atoms with Gasteiger partial charge < -0.3 is 15.4 Å². The first-order chi connectivity index (χ1) is 13.7. The lowest BCUT2D eigenvalue weighted by atomic mass is 10.1. The number of anilines is 1. The summed E-state index contributed by atoms with van der Waals surface area (Å²) in [4.78, 5) is 23.9. The van der Waals surface area contributed by atoms with Crippen LogP contribution in [-0.2, 0) is 19.6 Å². The summed E-state index contributed by atoms with van der Waals surface area (Å²) in [5.74, 6) is -0.353. The van der Waals surface area contributed by atoms with E-state index in [1.54, 1.807) is 36.4 Å². The molecule has 2 amide bonds. The SMILES string of the molecule is CCOc1ccc(NC(=O)CNC(=O)CNS(=O)(=O)c2ccc(C)c(C)c2)cc1. The Morgan fingerprint density at radius 1 is 0.931 bits per heavy atom. The highest BCUT2D eigenvalue weighted by atomic mass is 32.2. The molecule has 9 heteroatoms. The Kier molecular flexibility index (Phi) is 7.74. The van der Waals surface area contributed by atoms with E-state index in [1.165, 1.54) is 6.07 Å². The van der Waals surface area contributed by atoms with Crippen molar-refractivity contribution in [2.24, 2.45) is 0 Å². The van der Waals surface area contributed by atoms with Crippen molar-refractivity contribution < 1.29 is 22.7 Å². The number of aryl methyl sites for hydroxylation is 2. The van der Waals surface area contributed by atoms with E-state index in [-0.39, 0.29) is 11.4 Å². The Morgan fingerprint density at radius 3 is 2.24 bits per heavy atom. The Hall–Kier alpha value is -2.91. The molecule has 156 valence electrons. The lowest BCUT2D eigenvalue weighted by molar-refractivity contribution is -0.123. The Bertz CT molecular complexity index is 972. The maximum Gasteiger partial charge on any atom is 0.243 e. The molecule has 0 bridgehead atoms. The molecule has 0 aromatic heterocycles. The highest BCUT2D eigenvalue weighted by molar-refractivity contribution is 7.89. The molecule has 2 rings (SSSR count). The van der Waals surface area contributed by atoms with E-state index < -0.39 is 28.4 Å². The van der Waals surface area contributed by atoms with E-state index >= 15 is 0 Å². The van der Waals surface area contributed by atoms with Gasteiger partial charge in [0.2, 0.25) is 21.8 Å². The largest absolute Gasteiger partial charge is 0.494 e. The summed E-state index contributed by atoms with van der Waals surface area (Å²) < 4.78 is 32.1. The molecule has 3 N–H and O–H groups in total. The van der Waals surface area contributed by atoms with E-state index in [0.717, 1.165) is 11.1 Å². The minimum atomic E-state index is -3.81. The molecule has 0 aliphatic rings. The van der Waals surface area contributed by atoms with Crippen LogP contribution >= 0.6 is 0 Å². The first-order valence-electron chi connectivity index (χ1n) is 9.07. The Morgan fingerprint density at radius 2 is 1.62 bits per heavy atom. The van der Waals surface area contributed by atoms with Crippen LogP contribution in [-0.4, -0.2) is 39.9 Å². The Balaban J connectivity index is 1.80. The third kappa shape index (κ3) is 6.88. The van der Waals surface area contributed by atoms with Gasteiger partial charge in [0.25, 0.3) is 0 Å². The third-order valence-electron chi connectivity index (χ3n) is 4.11. The fourth-order valence-corrected chi connectivity index (χ4v) is 3.44. The number of sulfonamides is 1. The average Bonchev–Trinajstić information content (AvgIpc) is 2.68. The van der Waals surface area contributed by atoms with E-state index in [2.05, 4.69) is 15.4 Å². The standard InChI is InChI=1S/C20H25N3O5S/c1-4-28-17-8-6-16(7-9-17)23-20(25)12-21-19(24)13-22-29(26,27)18-10-5-14(2)15(3)11-18/h5-11,22H,4,12-13H2,1-3H3,(H,21,24)(H,23,25). The molecule has 0 unspecified atom stereocenters. The molecule has 0 atom stereocenters. The predicted octanol–water partition coefficient (Wildman–Crippen LogP) is 1.74. The molecule has 0 heterocycles. The van der Waals surface area contributed by atoms with Crippen LogP contribution in [0.2, 0.25) is 0 Å². The zero-order valence-electron chi connectivity index (χ0n) is 16.6. The molecule has 29 heavy (non-hydrogen) atoms. The number of hydrogen-bond donors (Lipinski definition) is 3. The second kappa shape index (κ2) is 10.0. The monoisotopic (exact) mass is 419 g/mol. The van der Waals surface area contributed by atoms with Crippen molar-refractivity contribution in [1.29, 1.82) is 0 Å². The van der Waals surface area contributed by atoms with Crippen LogP contribution in [0.1, 0.15) is 18.1 Å². The van der Waals surface area contributed by atoms with Gasteiger partial charge in [-0.3, -0.25) is 9.59 Å². The van der Waals surface area contributed by atoms with Gasteiger partial charge in [-0.15, -0.1) is 0 Å². The van der Waals surface area contributed by atoms with Crippen LogP contribution in [0.3, 0.4) is 0 Å². The number of nitrogens with one attached hydrogen (secondary N) is 3. The molecule has 8 nitrogen and oxygen atoms in total. The number of ether oxygens (including phenoxy) is 1. The minimum Gasteiger partial charge on any atom is -0.494 e. The van der Waals surface area contributed by atoms with Crippen LogP contribution in [0.15, 0.2) is 47.4 Å². The molecule has 0 fully saturated rings. The van der Waals surface area contributed by atoms with E-state index in [1.807, 2.05) is 20.8 Å². The quantitative estimate of drug-likeness (QED) is 0.573. The van der Waals surface area contributed by atoms with Crippen molar-refractivity contribution >= 4 is 27.5 Å². The summed E-state index contributed by atoms with van der Waals surface area (Å²) in [6, 6.07) is 11.5. The van der Waals surface area contributed by atoms with Gasteiger partial charge in [-0.05, 0) is 68.3 Å². The van der Waals surface area contributed by atoms with Crippen molar-refractivity contribution in [3.05, 3.63) is 53.6 Å². The van der Waals surface area contributed by atoms with Gasteiger partial charge in [-0.2, -0.15) is 0 Å². The average molecular weight is 420 g/mol. The predicted molar refractivity (Wildman–Crippen MR) is 110 cm³/mol. The number of benzene rings is 2. The normalized spacial score (nSPS) is 11.0. The van der Waals surface area contributed by atoms with Crippen molar-refractivity contribution in [2.75, 3.05) is 25.0 Å². The third-order valence-corrected chi connectivity index (χ3v) is 5.51. The molecule has 0 radical (unpaired) electrons. The highest BCUT2D eigenvalue weighted by Crippen LogP contribution is 2.15. The number of carbonyl (C=O) groups excluding carboxylic acids is 2. The summed E-state index contributed by atoms with van der Waals surface area (Å²) in [6.07, 6.45) is 0. The van der Waals surface area contributed by atoms with E-state index in [0.29, 0.717) is 18.0 Å². The smallest absolute Gasteiger partial charge is 0.243 e. The molecule has 0 saturated heterocycles. The van der Waals surface area contributed by atoms with Crippen molar-refractivity contribution in [1.82, 2.24) is 10.0 Å². The van der Waals surface area contributed by atoms with Crippen LogP contribution < -0.4 is 20.1 Å². The summed E-state index contributed by atoms with van der Waals surface area (Å²) in [7, 11) is -3.81. The van der Waals surface area contributed by atoms with Crippen LogP contribution in [0.25, 0.3) is 0 Å². The van der Waals surface area contributed by atoms with Gasteiger partial charge in [0, 0.05) is 5.69 Å². The van der Waals surface area contributed by atoms with Crippen molar-refractivity contribution in [3.63, 3.8) is 0 Å². The molecule has 2 aromatic rings. The highest BCUT2D eigenvalue weighted by Gasteiger charge is 2.16.